The fourth-order valence-corrected chi connectivity index (χ4v) is 4.25. The van der Waals surface area contributed by atoms with Crippen LogP contribution >= 0.6 is 12.8 Å². The highest BCUT2D eigenvalue weighted by atomic mass is 32.1. The summed E-state index contributed by atoms with van der Waals surface area (Å²) in [6, 6.07) is 4.90. The number of aliphatic hydroxyl groups excluding tert-OH is 1. The maximum atomic E-state index is 13.1. The number of anilines is 1. The molecule has 2 aromatic heterocycles. The number of nitrogens with one attached hydrogen (secondary N) is 1. The van der Waals surface area contributed by atoms with E-state index < -0.39 is 12.3 Å². The van der Waals surface area contributed by atoms with Gasteiger partial charge in [0.1, 0.15) is 12.3 Å². The Morgan fingerprint density at radius 2 is 2.11 bits per heavy atom. The molecule has 1 fully saturated rings. The van der Waals surface area contributed by atoms with Gasteiger partial charge in [-0.2, -0.15) is 5.10 Å². The largest absolute Gasteiger partial charge is 0.374 e. The number of pyridine rings is 1. The van der Waals surface area contributed by atoms with Gasteiger partial charge in [-0.1, -0.05) is 12.1 Å². The van der Waals surface area contributed by atoms with Crippen molar-refractivity contribution >= 4 is 41.1 Å². The van der Waals surface area contributed by atoms with Gasteiger partial charge in [0, 0.05) is 29.0 Å². The predicted octanol–water partition coefficient (Wildman–Crippen LogP) is 1.27. The lowest BCUT2D eigenvalue weighted by atomic mass is 10.0. The van der Waals surface area contributed by atoms with Crippen molar-refractivity contribution in [1.82, 2.24) is 19.5 Å². The summed E-state index contributed by atoms with van der Waals surface area (Å²) in [6.07, 6.45) is 5.70. The maximum absolute atomic E-state index is 13.1. The second-order valence-corrected chi connectivity index (χ2v) is 7.47. The molecular formula is C19H17N5O3S. The van der Waals surface area contributed by atoms with Crippen LogP contribution in [0.2, 0.25) is 0 Å². The Balaban J connectivity index is 1.60. The summed E-state index contributed by atoms with van der Waals surface area (Å²) in [5.74, 6) is -0.558. The Hall–Kier alpha value is -2.91. The van der Waals surface area contributed by atoms with Crippen molar-refractivity contribution < 1.29 is 14.7 Å². The van der Waals surface area contributed by atoms with Gasteiger partial charge in [0.2, 0.25) is 5.91 Å². The van der Waals surface area contributed by atoms with Crippen LogP contribution in [0.4, 0.5) is 5.69 Å². The van der Waals surface area contributed by atoms with Crippen LogP contribution < -0.4 is 10.2 Å². The number of nitrogens with zero attached hydrogens (tertiary/aromatic N) is 4. The molecular weight excluding hydrogens is 378 g/mol. The molecule has 1 aromatic carbocycles. The Kier molecular flexibility index (Phi) is 3.88. The number of benzene rings is 1. The second kappa shape index (κ2) is 6.32. The van der Waals surface area contributed by atoms with Gasteiger partial charge >= 0.3 is 0 Å². The summed E-state index contributed by atoms with van der Waals surface area (Å²) in [4.78, 5) is 31.6. The molecule has 0 spiro atoms. The molecule has 4 heterocycles. The van der Waals surface area contributed by atoms with Gasteiger partial charge in [-0.05, 0) is 37.3 Å². The summed E-state index contributed by atoms with van der Waals surface area (Å²) in [7, 11) is 0. The number of carbonyl (C=O) groups is 2. The maximum Gasteiger partial charge on any atom is 0.259 e. The van der Waals surface area contributed by atoms with Crippen LogP contribution in [-0.4, -0.2) is 43.4 Å². The number of aromatic nitrogens is 3. The number of amides is 2. The van der Waals surface area contributed by atoms with Gasteiger partial charge < -0.3 is 10.4 Å². The van der Waals surface area contributed by atoms with Gasteiger partial charge in [0.05, 0.1) is 23.8 Å². The van der Waals surface area contributed by atoms with Gasteiger partial charge in [0.25, 0.3) is 5.91 Å². The normalized spacial score (nSPS) is 21.4. The highest BCUT2D eigenvalue weighted by molar-refractivity contribution is 7.78. The molecule has 2 atom stereocenters. The third kappa shape index (κ3) is 2.58. The lowest BCUT2D eigenvalue weighted by Gasteiger charge is -2.32. The van der Waals surface area contributed by atoms with E-state index in [9.17, 15) is 14.7 Å². The van der Waals surface area contributed by atoms with Crippen LogP contribution in [0.1, 0.15) is 34.5 Å². The van der Waals surface area contributed by atoms with Crippen molar-refractivity contribution in [2.24, 2.45) is 0 Å². The lowest BCUT2D eigenvalue weighted by molar-refractivity contribution is -0.128. The Bertz CT molecular complexity index is 1130. The zero-order chi connectivity index (χ0) is 19.4. The van der Waals surface area contributed by atoms with E-state index in [2.05, 4.69) is 28.2 Å². The minimum atomic E-state index is -0.864. The Morgan fingerprint density at radius 3 is 2.86 bits per heavy atom. The molecule has 142 valence electrons. The van der Waals surface area contributed by atoms with Gasteiger partial charge in [0.15, 0.2) is 0 Å². The number of rotatable bonds is 3. The molecule has 2 aliphatic rings. The van der Waals surface area contributed by atoms with Crippen LogP contribution in [0.5, 0.6) is 0 Å². The van der Waals surface area contributed by atoms with Crippen LogP contribution in [-0.2, 0) is 11.2 Å². The molecule has 9 heteroatoms. The third-order valence-electron chi connectivity index (χ3n) is 5.31. The third-order valence-corrected chi connectivity index (χ3v) is 5.53. The van der Waals surface area contributed by atoms with E-state index >= 15 is 0 Å². The Morgan fingerprint density at radius 1 is 1.25 bits per heavy atom. The summed E-state index contributed by atoms with van der Waals surface area (Å²) >= 11 is 4.16. The Labute approximate surface area is 165 Å². The van der Waals surface area contributed by atoms with Gasteiger partial charge in [-0.25, -0.2) is 4.09 Å². The average molecular weight is 395 g/mol. The van der Waals surface area contributed by atoms with E-state index in [0.29, 0.717) is 30.5 Å². The average Bonchev–Trinajstić information content (AvgIpc) is 3.20. The molecule has 2 amide bonds. The summed E-state index contributed by atoms with van der Waals surface area (Å²) in [5, 5.41) is 17.9. The molecule has 0 radical (unpaired) electrons. The van der Waals surface area contributed by atoms with Crippen LogP contribution in [0, 0.1) is 0 Å². The van der Waals surface area contributed by atoms with Crippen LogP contribution in [0.15, 0.2) is 36.8 Å². The van der Waals surface area contributed by atoms with E-state index in [0.717, 1.165) is 22.0 Å². The molecule has 5 rings (SSSR count). The number of aliphatic hydroxyl groups is 1. The molecule has 0 bridgehead atoms. The molecule has 2 aliphatic heterocycles. The molecule has 28 heavy (non-hydrogen) atoms. The number of hydrogen-bond donors (Lipinski definition) is 3. The first-order valence-electron chi connectivity index (χ1n) is 8.98. The molecule has 1 saturated heterocycles. The fraction of sp³-hybridized carbons (Fsp3) is 0.263. The standard InChI is InChI=1S/C19H17N5O3S/c25-16-5-4-14(18(26)22-16)24-15-8-20-13(6-10-7-21-23(28)9-10)11-2-1-3-12(17(11)15)19(24)27/h1-3,7-9,14,16,25,28H,4-6H2,(H,22,26). The van der Waals surface area contributed by atoms with Crippen molar-refractivity contribution in [3.63, 3.8) is 0 Å². The van der Waals surface area contributed by atoms with Crippen molar-refractivity contribution in [2.45, 2.75) is 31.5 Å². The predicted molar refractivity (Wildman–Crippen MR) is 105 cm³/mol. The van der Waals surface area contributed by atoms with Crippen molar-refractivity contribution in [2.75, 3.05) is 4.90 Å². The quantitative estimate of drug-likeness (QED) is 0.580. The van der Waals surface area contributed by atoms with Crippen LogP contribution in [0.3, 0.4) is 0 Å². The fourth-order valence-electron chi connectivity index (χ4n) is 4.05. The molecule has 0 aliphatic carbocycles. The van der Waals surface area contributed by atoms with Crippen molar-refractivity contribution in [1.29, 1.82) is 0 Å². The number of hydrogen-bond acceptors (Lipinski definition) is 6. The summed E-state index contributed by atoms with van der Waals surface area (Å²) in [6.45, 7) is 0. The minimum Gasteiger partial charge on any atom is -0.374 e. The zero-order valence-corrected chi connectivity index (χ0v) is 15.6. The monoisotopic (exact) mass is 395 g/mol. The van der Waals surface area contributed by atoms with E-state index in [1.165, 1.54) is 8.99 Å². The van der Waals surface area contributed by atoms with E-state index in [4.69, 9.17) is 0 Å². The topological polar surface area (TPSA) is 100 Å². The van der Waals surface area contributed by atoms with E-state index in [-0.39, 0.29) is 11.8 Å². The van der Waals surface area contributed by atoms with Gasteiger partial charge in [-0.3, -0.25) is 19.5 Å². The summed E-state index contributed by atoms with van der Waals surface area (Å²) < 4.78 is 1.44. The highest BCUT2D eigenvalue weighted by Gasteiger charge is 2.41. The number of thiol groups is 1. The molecule has 2 N–H and O–H groups in total. The number of piperidine rings is 1. The first kappa shape index (κ1) is 17.2. The molecule has 0 saturated carbocycles. The van der Waals surface area contributed by atoms with E-state index in [1.54, 1.807) is 18.5 Å². The smallest absolute Gasteiger partial charge is 0.259 e. The molecule has 3 aromatic rings. The lowest BCUT2D eigenvalue weighted by Crippen LogP contribution is -2.55. The second-order valence-electron chi connectivity index (χ2n) is 7.06. The first-order valence-corrected chi connectivity index (χ1v) is 9.38. The van der Waals surface area contributed by atoms with Crippen LogP contribution in [0.25, 0.3) is 10.8 Å². The highest BCUT2D eigenvalue weighted by Crippen LogP contribution is 2.40. The summed E-state index contributed by atoms with van der Waals surface area (Å²) in [5.41, 5.74) is 3.01. The van der Waals surface area contributed by atoms with Crippen molar-refractivity contribution in [3.8, 4) is 0 Å². The zero-order valence-electron chi connectivity index (χ0n) is 14.7. The van der Waals surface area contributed by atoms with E-state index in [1.807, 2.05) is 18.3 Å². The number of carbonyl (C=O) groups excluding carboxylic acids is 2. The molecule has 2 unspecified atom stereocenters. The van der Waals surface area contributed by atoms with Gasteiger partial charge in [-0.15, -0.1) is 0 Å². The SMILES string of the molecule is O=C1NC(O)CCC1N1C(=O)c2cccc3c(Cc4cnn(S)c4)ncc1c23. The minimum absolute atomic E-state index is 0.209. The first-order chi connectivity index (χ1) is 13.5. The molecule has 8 nitrogen and oxygen atoms in total. The van der Waals surface area contributed by atoms with Crippen molar-refractivity contribution in [3.05, 3.63) is 53.6 Å².